The molecule has 1 fully saturated rings. The molecule has 0 aromatic heterocycles. The van der Waals surface area contributed by atoms with Crippen LogP contribution in [0.4, 0.5) is 0 Å². The number of carboxylic acids is 1. The Kier molecular flexibility index (Phi) is 5.35. The van der Waals surface area contributed by atoms with E-state index in [0.717, 1.165) is 17.3 Å². The molecule has 1 aromatic rings. The fourth-order valence-electron chi connectivity index (χ4n) is 1.86. The molecular formula is C15H13NO4S2. The van der Waals surface area contributed by atoms with E-state index in [4.69, 9.17) is 17.3 Å². The molecule has 0 spiro atoms. The number of benzene rings is 1. The van der Waals surface area contributed by atoms with Crippen LogP contribution in [0.3, 0.4) is 0 Å². The highest BCUT2D eigenvalue weighted by molar-refractivity contribution is 8.26. The zero-order valence-electron chi connectivity index (χ0n) is 11.4. The average Bonchev–Trinajstić information content (AvgIpc) is 2.77. The lowest BCUT2D eigenvalue weighted by Crippen LogP contribution is -2.18. The second-order valence-corrected chi connectivity index (χ2v) is 6.21. The molecule has 0 atom stereocenters. The third-order valence-corrected chi connectivity index (χ3v) is 4.15. The summed E-state index contributed by atoms with van der Waals surface area (Å²) in [4.78, 5) is 23.0. The van der Waals surface area contributed by atoms with Crippen molar-refractivity contribution in [3.8, 4) is 5.75 Å². The van der Waals surface area contributed by atoms with E-state index in [1.807, 2.05) is 0 Å². The van der Waals surface area contributed by atoms with Gasteiger partial charge in [0.25, 0.3) is 5.91 Å². The van der Waals surface area contributed by atoms with Gasteiger partial charge in [-0.3, -0.25) is 9.59 Å². The molecule has 22 heavy (non-hydrogen) atoms. The highest BCUT2D eigenvalue weighted by atomic mass is 32.2. The summed E-state index contributed by atoms with van der Waals surface area (Å²) in [6, 6.07) is 6.62. The lowest BCUT2D eigenvalue weighted by atomic mass is 10.1. The number of carbonyl (C=O) groups is 2. The third kappa shape index (κ3) is 4.44. The van der Waals surface area contributed by atoms with E-state index in [0.29, 0.717) is 14.8 Å². The summed E-state index contributed by atoms with van der Waals surface area (Å²) in [5.41, 5.74) is 1.35. The van der Waals surface area contributed by atoms with Gasteiger partial charge in [0.2, 0.25) is 0 Å². The van der Waals surface area contributed by atoms with Crippen LogP contribution in [0.1, 0.15) is 18.4 Å². The van der Waals surface area contributed by atoms with Gasteiger partial charge < -0.3 is 15.5 Å². The highest BCUT2D eigenvalue weighted by Crippen LogP contribution is 2.30. The molecule has 0 saturated carbocycles. The molecule has 3 N–H and O–H groups in total. The van der Waals surface area contributed by atoms with Gasteiger partial charge in [-0.25, -0.2) is 0 Å². The van der Waals surface area contributed by atoms with E-state index in [9.17, 15) is 14.7 Å². The van der Waals surface area contributed by atoms with Gasteiger partial charge in [-0.15, -0.1) is 0 Å². The Morgan fingerprint density at radius 2 is 2.14 bits per heavy atom. The van der Waals surface area contributed by atoms with Gasteiger partial charge >= 0.3 is 5.97 Å². The first kappa shape index (κ1) is 16.3. The predicted octanol–water partition coefficient (Wildman–Crippen LogP) is 2.67. The molecule has 1 aliphatic rings. The van der Waals surface area contributed by atoms with Gasteiger partial charge in [0, 0.05) is 6.42 Å². The molecule has 2 rings (SSSR count). The van der Waals surface area contributed by atoms with Crippen LogP contribution in [0.15, 0.2) is 40.8 Å². The Hall–Kier alpha value is -2.12. The number of allylic oxidation sites excluding steroid dienone is 2. The van der Waals surface area contributed by atoms with Gasteiger partial charge in [0.15, 0.2) is 0 Å². The topological polar surface area (TPSA) is 86.6 Å². The van der Waals surface area contributed by atoms with Crippen LogP contribution in [0.2, 0.25) is 0 Å². The standard InChI is InChI=1S/C15H13NO4S2/c17-11-3-1-2-9(8-11)4-5-10(6-7-12(18)19)13-14(20)16-15(21)22-13/h1-5,8,17H,6-7H2,(H,18,19)(H,16,20,21)/b5-4+,13-10-. The van der Waals surface area contributed by atoms with E-state index in [1.165, 1.54) is 0 Å². The van der Waals surface area contributed by atoms with E-state index in [-0.39, 0.29) is 24.5 Å². The average molecular weight is 335 g/mol. The van der Waals surface area contributed by atoms with Crippen molar-refractivity contribution in [3.05, 3.63) is 46.4 Å². The molecule has 114 valence electrons. The van der Waals surface area contributed by atoms with Crippen LogP contribution in [0.25, 0.3) is 6.08 Å². The number of nitrogens with one attached hydrogen (secondary N) is 1. The zero-order valence-corrected chi connectivity index (χ0v) is 13.0. The third-order valence-electron chi connectivity index (χ3n) is 2.86. The minimum absolute atomic E-state index is 0.0795. The smallest absolute Gasteiger partial charge is 0.303 e. The SMILES string of the molecule is O=C(O)CCC(/C=C/c1cccc(O)c1)=C1\SC(=S)NC1=O. The van der Waals surface area contributed by atoms with E-state index < -0.39 is 5.97 Å². The number of thiocarbonyl (C=S) groups is 1. The van der Waals surface area contributed by atoms with Gasteiger partial charge in [-0.2, -0.15) is 0 Å². The number of aliphatic carboxylic acids is 1. The Balaban J connectivity index is 2.28. The first-order valence-electron chi connectivity index (χ1n) is 6.41. The highest BCUT2D eigenvalue weighted by Gasteiger charge is 2.25. The van der Waals surface area contributed by atoms with Crippen molar-refractivity contribution in [3.63, 3.8) is 0 Å². The molecule has 7 heteroatoms. The van der Waals surface area contributed by atoms with Gasteiger partial charge in [0.1, 0.15) is 10.1 Å². The first-order valence-corrected chi connectivity index (χ1v) is 7.63. The van der Waals surface area contributed by atoms with Crippen LogP contribution >= 0.6 is 24.0 Å². The molecular weight excluding hydrogens is 322 g/mol. The quantitative estimate of drug-likeness (QED) is 0.566. The van der Waals surface area contributed by atoms with Crippen LogP contribution in [0, 0.1) is 0 Å². The molecule has 0 unspecified atom stereocenters. The minimum atomic E-state index is -0.935. The lowest BCUT2D eigenvalue weighted by molar-refractivity contribution is -0.137. The largest absolute Gasteiger partial charge is 0.508 e. The fourth-order valence-corrected chi connectivity index (χ4v) is 2.98. The number of aromatic hydroxyl groups is 1. The van der Waals surface area contributed by atoms with E-state index in [1.54, 1.807) is 36.4 Å². The minimum Gasteiger partial charge on any atom is -0.508 e. The Morgan fingerprint density at radius 1 is 1.36 bits per heavy atom. The molecule has 1 amide bonds. The fraction of sp³-hybridized carbons (Fsp3) is 0.133. The van der Waals surface area contributed by atoms with Crippen LogP contribution in [-0.2, 0) is 9.59 Å². The molecule has 1 heterocycles. The summed E-state index contributed by atoms with van der Waals surface area (Å²) in [5.74, 6) is -1.11. The van der Waals surface area contributed by atoms with Crippen molar-refractivity contribution < 1.29 is 19.8 Å². The maximum atomic E-state index is 11.8. The summed E-state index contributed by atoms with van der Waals surface area (Å²) >= 11 is 6.07. The van der Waals surface area contributed by atoms with Crippen molar-refractivity contribution in [2.24, 2.45) is 0 Å². The van der Waals surface area contributed by atoms with Crippen LogP contribution < -0.4 is 5.32 Å². The zero-order chi connectivity index (χ0) is 16.1. The van der Waals surface area contributed by atoms with Crippen molar-refractivity contribution in [2.45, 2.75) is 12.8 Å². The molecule has 5 nitrogen and oxygen atoms in total. The second-order valence-electron chi connectivity index (χ2n) is 4.52. The Bertz CT molecular complexity index is 695. The van der Waals surface area contributed by atoms with E-state index in [2.05, 4.69) is 5.32 Å². The molecule has 1 aromatic carbocycles. The Labute approximate surface area is 136 Å². The van der Waals surface area contributed by atoms with E-state index >= 15 is 0 Å². The summed E-state index contributed by atoms with van der Waals surface area (Å²) < 4.78 is 0.360. The molecule has 1 aliphatic heterocycles. The van der Waals surface area contributed by atoms with Crippen molar-refractivity contribution >= 4 is 46.3 Å². The summed E-state index contributed by atoms with van der Waals surface area (Å²) in [5, 5.41) is 20.8. The Morgan fingerprint density at radius 3 is 2.73 bits per heavy atom. The maximum absolute atomic E-state index is 11.8. The summed E-state index contributed by atoms with van der Waals surface area (Å²) in [6.45, 7) is 0. The van der Waals surface area contributed by atoms with Crippen molar-refractivity contribution in [1.29, 1.82) is 0 Å². The lowest BCUT2D eigenvalue weighted by Gasteiger charge is -2.03. The van der Waals surface area contributed by atoms with Gasteiger partial charge in [-0.1, -0.05) is 48.3 Å². The number of phenols is 1. The number of carbonyl (C=O) groups excluding carboxylic acids is 1. The molecule has 1 saturated heterocycles. The number of hydrogen-bond donors (Lipinski definition) is 3. The number of phenolic OH excluding ortho intramolecular Hbond substituents is 1. The maximum Gasteiger partial charge on any atom is 0.303 e. The first-order chi connectivity index (χ1) is 10.5. The summed E-state index contributed by atoms with van der Waals surface area (Å²) in [7, 11) is 0. The monoisotopic (exact) mass is 335 g/mol. The van der Waals surface area contributed by atoms with Crippen molar-refractivity contribution in [2.75, 3.05) is 0 Å². The molecule has 0 radical (unpaired) electrons. The van der Waals surface area contributed by atoms with Crippen LogP contribution in [-0.4, -0.2) is 26.4 Å². The van der Waals surface area contributed by atoms with Crippen LogP contribution in [0.5, 0.6) is 5.75 Å². The number of hydrogen-bond acceptors (Lipinski definition) is 5. The normalized spacial score (nSPS) is 16.9. The second kappa shape index (κ2) is 7.24. The molecule has 0 bridgehead atoms. The van der Waals surface area contributed by atoms with Crippen molar-refractivity contribution in [1.82, 2.24) is 5.32 Å². The summed E-state index contributed by atoms with van der Waals surface area (Å²) in [6.07, 6.45) is 3.56. The number of amides is 1. The van der Waals surface area contributed by atoms with Gasteiger partial charge in [0.05, 0.1) is 4.91 Å². The number of carboxylic acid groups (broad SMARTS) is 1. The number of thioether (sulfide) groups is 1. The van der Waals surface area contributed by atoms with Gasteiger partial charge in [-0.05, 0) is 29.7 Å². The number of rotatable bonds is 5. The predicted molar refractivity (Wildman–Crippen MR) is 89.4 cm³/mol. The molecule has 0 aliphatic carbocycles.